The molecule has 1 aromatic heterocycles. The lowest BCUT2D eigenvalue weighted by Crippen LogP contribution is -2.11. The quantitative estimate of drug-likeness (QED) is 0.777. The first kappa shape index (κ1) is 10.2. The summed E-state index contributed by atoms with van der Waals surface area (Å²) >= 11 is 5.15. The van der Waals surface area contributed by atoms with E-state index in [2.05, 4.69) is 4.98 Å². The fraction of sp³-hybridized carbons (Fsp3) is 0.300. The van der Waals surface area contributed by atoms with Crippen LogP contribution in [-0.2, 0) is 7.05 Å². The Labute approximate surface area is 92.7 Å². The average molecular weight is 223 g/mol. The van der Waals surface area contributed by atoms with E-state index in [1.54, 1.807) is 0 Å². The van der Waals surface area contributed by atoms with Gasteiger partial charge in [0.2, 0.25) is 0 Å². The molecule has 5 heteroatoms. The molecule has 0 bridgehead atoms. The van der Waals surface area contributed by atoms with Crippen LogP contribution in [0.15, 0.2) is 18.2 Å². The van der Waals surface area contributed by atoms with Crippen LogP contribution in [0.4, 0.5) is 0 Å². The van der Waals surface area contributed by atoms with E-state index in [1.807, 2.05) is 29.8 Å². The number of aromatic amines is 1. The van der Waals surface area contributed by atoms with Gasteiger partial charge in [0.05, 0.1) is 5.52 Å². The maximum atomic E-state index is 5.55. The van der Waals surface area contributed by atoms with E-state index in [0.29, 0.717) is 17.9 Å². The molecule has 0 amide bonds. The number of hydrogen-bond donors (Lipinski definition) is 2. The second kappa shape index (κ2) is 4.04. The lowest BCUT2D eigenvalue weighted by molar-refractivity contribution is 0.331. The van der Waals surface area contributed by atoms with Gasteiger partial charge in [0.25, 0.3) is 0 Å². The van der Waals surface area contributed by atoms with Crippen LogP contribution in [0, 0.1) is 4.77 Å². The number of fused-ring (bicyclic) bond motifs is 1. The number of rotatable bonds is 3. The lowest BCUT2D eigenvalue weighted by Gasteiger charge is -2.06. The summed E-state index contributed by atoms with van der Waals surface area (Å²) in [5.41, 5.74) is 7.37. The SMILES string of the molecule is Cn1c(=S)[nH]c2cccc(OCCN)c21. The van der Waals surface area contributed by atoms with Crippen molar-refractivity contribution in [2.45, 2.75) is 0 Å². The van der Waals surface area contributed by atoms with Crippen molar-refractivity contribution in [1.82, 2.24) is 9.55 Å². The smallest absolute Gasteiger partial charge is 0.177 e. The van der Waals surface area contributed by atoms with Crippen LogP contribution in [0.2, 0.25) is 0 Å². The Bertz CT molecular complexity index is 529. The fourth-order valence-electron chi connectivity index (χ4n) is 1.56. The van der Waals surface area contributed by atoms with Gasteiger partial charge in [-0.1, -0.05) is 6.07 Å². The van der Waals surface area contributed by atoms with Crippen molar-refractivity contribution in [3.05, 3.63) is 23.0 Å². The second-order valence-electron chi connectivity index (χ2n) is 3.28. The Morgan fingerprint density at radius 1 is 1.53 bits per heavy atom. The van der Waals surface area contributed by atoms with E-state index in [4.69, 9.17) is 22.7 Å². The van der Waals surface area contributed by atoms with Crippen LogP contribution in [-0.4, -0.2) is 22.7 Å². The summed E-state index contributed by atoms with van der Waals surface area (Å²) < 4.78 is 8.14. The molecule has 2 aromatic rings. The average Bonchev–Trinajstić information content (AvgIpc) is 2.53. The molecule has 1 aromatic carbocycles. The van der Waals surface area contributed by atoms with Crippen LogP contribution in [0.3, 0.4) is 0 Å². The molecule has 0 radical (unpaired) electrons. The number of para-hydroxylation sites is 1. The standard InChI is InChI=1S/C10H13N3OS/c1-13-9-7(12-10(13)15)3-2-4-8(9)14-6-5-11/h2-4H,5-6,11H2,1H3,(H,12,15). The normalized spacial score (nSPS) is 10.8. The van der Waals surface area contributed by atoms with E-state index in [-0.39, 0.29) is 0 Å². The molecule has 0 fully saturated rings. The molecule has 80 valence electrons. The Hall–Kier alpha value is -1.33. The highest BCUT2D eigenvalue weighted by Crippen LogP contribution is 2.24. The third-order valence-corrected chi connectivity index (χ3v) is 2.63. The summed E-state index contributed by atoms with van der Waals surface area (Å²) in [6.45, 7) is 1.02. The largest absolute Gasteiger partial charge is 0.490 e. The minimum Gasteiger partial charge on any atom is -0.490 e. The number of nitrogens with two attached hydrogens (primary N) is 1. The summed E-state index contributed by atoms with van der Waals surface area (Å²) in [6.07, 6.45) is 0. The predicted molar refractivity (Wildman–Crippen MR) is 62.7 cm³/mol. The zero-order chi connectivity index (χ0) is 10.8. The number of aryl methyl sites for hydroxylation is 1. The van der Waals surface area contributed by atoms with Crippen LogP contribution in [0.25, 0.3) is 11.0 Å². The third-order valence-electron chi connectivity index (χ3n) is 2.26. The van der Waals surface area contributed by atoms with Crippen molar-refractivity contribution in [2.24, 2.45) is 12.8 Å². The number of nitrogens with one attached hydrogen (secondary N) is 1. The molecule has 0 unspecified atom stereocenters. The summed E-state index contributed by atoms with van der Waals surface area (Å²) in [7, 11) is 1.91. The molecule has 4 nitrogen and oxygen atoms in total. The molecule has 0 aliphatic rings. The van der Waals surface area contributed by atoms with E-state index >= 15 is 0 Å². The molecule has 0 atom stereocenters. The van der Waals surface area contributed by atoms with Gasteiger partial charge in [-0.25, -0.2) is 0 Å². The molecule has 2 rings (SSSR count). The first-order valence-corrected chi connectivity index (χ1v) is 5.15. The molecular weight excluding hydrogens is 210 g/mol. The van der Waals surface area contributed by atoms with E-state index in [9.17, 15) is 0 Å². The molecule has 1 heterocycles. The molecule has 0 aliphatic heterocycles. The minimum absolute atomic E-state index is 0.505. The van der Waals surface area contributed by atoms with E-state index < -0.39 is 0 Å². The van der Waals surface area contributed by atoms with Crippen LogP contribution < -0.4 is 10.5 Å². The minimum atomic E-state index is 0.505. The maximum absolute atomic E-state index is 5.55. The van der Waals surface area contributed by atoms with Crippen molar-refractivity contribution in [1.29, 1.82) is 0 Å². The summed E-state index contributed by atoms with van der Waals surface area (Å²) in [5.74, 6) is 0.813. The summed E-state index contributed by atoms with van der Waals surface area (Å²) in [4.78, 5) is 3.11. The number of benzene rings is 1. The van der Waals surface area contributed by atoms with Gasteiger partial charge in [-0.3, -0.25) is 0 Å². The van der Waals surface area contributed by atoms with E-state index in [1.165, 1.54) is 0 Å². The van der Waals surface area contributed by atoms with Crippen molar-refractivity contribution in [3.8, 4) is 5.75 Å². The van der Waals surface area contributed by atoms with Gasteiger partial charge < -0.3 is 20.0 Å². The highest BCUT2D eigenvalue weighted by Gasteiger charge is 2.06. The zero-order valence-corrected chi connectivity index (χ0v) is 9.30. The molecule has 3 N–H and O–H groups in total. The number of H-pyrrole nitrogens is 1. The Morgan fingerprint density at radius 3 is 3.07 bits per heavy atom. The van der Waals surface area contributed by atoms with Crippen molar-refractivity contribution in [3.63, 3.8) is 0 Å². The topological polar surface area (TPSA) is 56.0 Å². The fourth-order valence-corrected chi connectivity index (χ4v) is 1.76. The van der Waals surface area contributed by atoms with Crippen molar-refractivity contribution < 1.29 is 4.74 Å². The van der Waals surface area contributed by atoms with Crippen LogP contribution >= 0.6 is 12.2 Å². The molecule has 15 heavy (non-hydrogen) atoms. The van der Waals surface area contributed by atoms with Gasteiger partial charge in [0, 0.05) is 13.6 Å². The van der Waals surface area contributed by atoms with Gasteiger partial charge in [-0.2, -0.15) is 0 Å². The number of aromatic nitrogens is 2. The van der Waals surface area contributed by atoms with Gasteiger partial charge in [-0.05, 0) is 24.4 Å². The number of hydrogen-bond acceptors (Lipinski definition) is 3. The molecule has 0 aliphatic carbocycles. The number of imidazole rings is 1. The van der Waals surface area contributed by atoms with E-state index in [0.717, 1.165) is 16.8 Å². The summed E-state index contributed by atoms with van der Waals surface area (Å²) in [6, 6.07) is 5.82. The Kier molecular flexibility index (Phi) is 2.75. The van der Waals surface area contributed by atoms with Gasteiger partial charge >= 0.3 is 0 Å². The number of ether oxygens (including phenoxy) is 1. The van der Waals surface area contributed by atoms with Crippen LogP contribution in [0.5, 0.6) is 5.75 Å². The monoisotopic (exact) mass is 223 g/mol. The Morgan fingerprint density at radius 2 is 2.33 bits per heavy atom. The summed E-state index contributed by atoms with van der Waals surface area (Å²) in [5, 5.41) is 0. The van der Waals surface area contributed by atoms with Gasteiger partial charge in [0.1, 0.15) is 17.9 Å². The second-order valence-corrected chi connectivity index (χ2v) is 3.67. The van der Waals surface area contributed by atoms with Gasteiger partial charge in [-0.15, -0.1) is 0 Å². The van der Waals surface area contributed by atoms with Crippen molar-refractivity contribution in [2.75, 3.05) is 13.2 Å². The zero-order valence-electron chi connectivity index (χ0n) is 8.49. The highest BCUT2D eigenvalue weighted by atomic mass is 32.1. The van der Waals surface area contributed by atoms with Gasteiger partial charge in [0.15, 0.2) is 4.77 Å². The highest BCUT2D eigenvalue weighted by molar-refractivity contribution is 7.71. The molecule has 0 spiro atoms. The molecular formula is C10H13N3OS. The molecule has 0 saturated carbocycles. The van der Waals surface area contributed by atoms with Crippen LogP contribution in [0.1, 0.15) is 0 Å². The van der Waals surface area contributed by atoms with Crippen molar-refractivity contribution >= 4 is 23.3 Å². The predicted octanol–water partition coefficient (Wildman–Crippen LogP) is 1.57. The maximum Gasteiger partial charge on any atom is 0.177 e. The molecule has 0 saturated heterocycles. The Balaban J connectivity index is 2.58. The first-order valence-electron chi connectivity index (χ1n) is 4.74. The first-order chi connectivity index (χ1) is 7.24. The number of nitrogens with zero attached hydrogens (tertiary/aromatic N) is 1. The third kappa shape index (κ3) is 1.75. The lowest BCUT2D eigenvalue weighted by atomic mass is 10.3.